The molecule has 1 aromatic carbocycles. The van der Waals surface area contributed by atoms with Gasteiger partial charge < -0.3 is 5.43 Å². The molecule has 39 heavy (non-hydrogen) atoms. The van der Waals surface area contributed by atoms with Crippen LogP contribution in [0.25, 0.3) is 22.3 Å². The first-order valence-corrected chi connectivity index (χ1v) is 11.5. The fourth-order valence-electron chi connectivity index (χ4n) is 3.35. The number of pyridine rings is 2. The lowest BCUT2D eigenvalue weighted by molar-refractivity contribution is -0.141. The number of rotatable bonds is 7. The minimum absolute atomic E-state index is 0.255. The van der Waals surface area contributed by atoms with E-state index in [1.54, 1.807) is 50.6 Å². The minimum atomic E-state index is -4.33. The van der Waals surface area contributed by atoms with E-state index in [1.807, 2.05) is 12.1 Å². The van der Waals surface area contributed by atoms with Crippen LogP contribution >= 0.6 is 11.6 Å². The lowest BCUT2D eigenvalue weighted by Crippen LogP contribution is -2.31. The highest BCUT2D eigenvalue weighted by molar-refractivity contribution is 6.30. The molecule has 0 saturated heterocycles. The number of aryl methyl sites for hydroxylation is 1. The predicted molar refractivity (Wildman–Crippen MR) is 139 cm³/mol. The van der Waals surface area contributed by atoms with Crippen LogP contribution in [0.3, 0.4) is 0 Å². The Bertz CT molecular complexity index is 1480. The fraction of sp³-hybridized carbons (Fsp3) is 0.120. The molecule has 0 atom stereocenters. The third-order valence-electron chi connectivity index (χ3n) is 5.01. The van der Waals surface area contributed by atoms with Crippen LogP contribution in [0.5, 0.6) is 0 Å². The van der Waals surface area contributed by atoms with Crippen molar-refractivity contribution < 1.29 is 22.8 Å². The molecule has 202 valence electrons. The van der Waals surface area contributed by atoms with E-state index >= 15 is 0 Å². The molecule has 10 nitrogen and oxygen atoms in total. The smallest absolute Gasteiger partial charge is 0.311 e. The van der Waals surface area contributed by atoms with Crippen molar-refractivity contribution in [1.82, 2.24) is 30.6 Å². The molecule has 4 aromatic rings. The van der Waals surface area contributed by atoms with E-state index in [9.17, 15) is 22.8 Å². The molecule has 0 spiro atoms. The molecule has 0 fully saturated rings. The quantitative estimate of drug-likeness (QED) is 0.232. The van der Waals surface area contributed by atoms with Crippen LogP contribution in [-0.2, 0) is 15.8 Å². The molecule has 0 radical (unpaired) electrons. The van der Waals surface area contributed by atoms with Gasteiger partial charge in [-0.3, -0.25) is 30.4 Å². The molecule has 0 aliphatic carbocycles. The Hall–Kier alpha value is -4.78. The lowest BCUT2D eigenvalue weighted by Gasteiger charge is -2.17. The highest BCUT2D eigenvalue weighted by atomic mass is 35.5. The van der Waals surface area contributed by atoms with Crippen molar-refractivity contribution in [3.05, 3.63) is 88.9 Å². The van der Waals surface area contributed by atoms with Crippen LogP contribution in [-0.4, -0.2) is 39.6 Å². The van der Waals surface area contributed by atoms with Crippen LogP contribution < -0.4 is 21.8 Å². The fourth-order valence-corrected chi connectivity index (χ4v) is 3.47. The Balaban J connectivity index is 0.000000320. The summed E-state index contributed by atoms with van der Waals surface area (Å²) in [6, 6.07) is 13.0. The highest BCUT2D eigenvalue weighted by Gasteiger charge is 2.31. The molecular weight excluding hydrogens is 537 g/mol. The summed E-state index contributed by atoms with van der Waals surface area (Å²) in [6.07, 6.45) is 1.13. The number of hydrogen-bond donors (Lipinski definition) is 3. The summed E-state index contributed by atoms with van der Waals surface area (Å²) in [5.41, 5.74) is 10.7. The van der Waals surface area contributed by atoms with E-state index in [2.05, 4.69) is 36.4 Å². The first-order chi connectivity index (χ1) is 18.7. The van der Waals surface area contributed by atoms with Gasteiger partial charge in [0.05, 0.1) is 0 Å². The summed E-state index contributed by atoms with van der Waals surface area (Å²) in [4.78, 5) is 29.8. The standard InChI is InChI=1S/C18H16ClN7O2.C7H6F3N/c1-20-24-18-16(12-2-4-14(19)5-3-12)15(13-6-8-21-9-7-13)17(23-22-10-27)25-26(18)11-28;1-5-2-3-6(11-4-5)7(8,9)10/h2-11,20H,1H3,(H,22,27)(H,23,25);2-4H,1H3/b24-18-;. The normalized spacial score (nSPS) is 11.2. The van der Waals surface area contributed by atoms with E-state index in [-0.39, 0.29) is 11.3 Å². The van der Waals surface area contributed by atoms with Crippen molar-refractivity contribution in [2.45, 2.75) is 13.1 Å². The number of carbonyl (C=O) groups excluding carboxylic acids is 2. The number of nitrogens with zero attached hydrogens (tertiary/aromatic N) is 5. The van der Waals surface area contributed by atoms with Gasteiger partial charge in [0.1, 0.15) is 5.69 Å². The third-order valence-corrected chi connectivity index (χ3v) is 5.26. The van der Waals surface area contributed by atoms with E-state index in [4.69, 9.17) is 11.6 Å². The van der Waals surface area contributed by atoms with E-state index < -0.39 is 11.9 Å². The molecule has 14 heteroatoms. The number of nitrogens with one attached hydrogen (secondary N) is 3. The number of halogens is 4. The van der Waals surface area contributed by atoms with E-state index in [0.29, 0.717) is 29.0 Å². The monoisotopic (exact) mass is 558 g/mol. The van der Waals surface area contributed by atoms with Gasteiger partial charge in [-0.1, -0.05) is 29.8 Å². The number of amides is 1. The van der Waals surface area contributed by atoms with Crippen LogP contribution in [0.1, 0.15) is 11.3 Å². The molecule has 3 aromatic heterocycles. The molecule has 0 aliphatic heterocycles. The second-order valence-corrected chi connectivity index (χ2v) is 8.09. The first-order valence-electron chi connectivity index (χ1n) is 11.1. The number of hydrazine groups is 1. The van der Waals surface area contributed by atoms with Gasteiger partial charge in [-0.25, -0.2) is 0 Å². The minimum Gasteiger partial charge on any atom is -0.311 e. The Morgan fingerprint density at radius 1 is 0.974 bits per heavy atom. The maximum absolute atomic E-state index is 11.9. The van der Waals surface area contributed by atoms with Gasteiger partial charge in [-0.2, -0.15) is 23.0 Å². The Labute approximate surface area is 225 Å². The zero-order valence-corrected chi connectivity index (χ0v) is 21.3. The number of carbonyl (C=O) groups is 2. The van der Waals surface area contributed by atoms with E-state index in [0.717, 1.165) is 27.4 Å². The molecule has 3 N–H and O–H groups in total. The Morgan fingerprint density at radius 3 is 2.18 bits per heavy atom. The van der Waals surface area contributed by atoms with Crippen LogP contribution in [0, 0.1) is 6.92 Å². The Kier molecular flexibility index (Phi) is 9.70. The van der Waals surface area contributed by atoms with Gasteiger partial charge in [-0.15, -0.1) is 5.10 Å². The SMILES string of the molecule is CN/N=c1/c(-c2ccc(Cl)cc2)c(-c2ccncc2)c(NNC=O)nn1C=O.Cc1ccc(C(F)(F)F)nc1. The number of benzene rings is 1. The molecular formula is C25H22ClF3N8O2. The van der Waals surface area contributed by atoms with Crippen molar-refractivity contribution in [2.75, 3.05) is 12.5 Å². The summed E-state index contributed by atoms with van der Waals surface area (Å²) >= 11 is 6.04. The van der Waals surface area contributed by atoms with Gasteiger partial charge in [-0.05, 0) is 53.9 Å². The van der Waals surface area contributed by atoms with Crippen molar-refractivity contribution >= 4 is 30.2 Å². The maximum atomic E-state index is 11.9. The van der Waals surface area contributed by atoms with Gasteiger partial charge in [0.25, 0.3) is 0 Å². The molecule has 4 rings (SSSR count). The predicted octanol–water partition coefficient (Wildman–Crippen LogP) is 3.82. The summed E-state index contributed by atoms with van der Waals surface area (Å²) in [5, 5.41) is 9.07. The summed E-state index contributed by atoms with van der Waals surface area (Å²) < 4.78 is 36.6. The summed E-state index contributed by atoms with van der Waals surface area (Å²) in [5.74, 6) is 0.255. The number of anilines is 1. The first kappa shape index (κ1) is 28.8. The second kappa shape index (κ2) is 13.1. The average molecular weight is 559 g/mol. The van der Waals surface area contributed by atoms with Gasteiger partial charge in [0.2, 0.25) is 12.8 Å². The molecule has 0 unspecified atom stereocenters. The van der Waals surface area contributed by atoms with Crippen molar-refractivity contribution in [3.8, 4) is 22.3 Å². The third kappa shape index (κ3) is 7.38. The van der Waals surface area contributed by atoms with Crippen LogP contribution in [0.15, 0.2) is 72.2 Å². The average Bonchev–Trinajstić information content (AvgIpc) is 2.93. The van der Waals surface area contributed by atoms with Crippen molar-refractivity contribution in [2.24, 2.45) is 5.10 Å². The second-order valence-electron chi connectivity index (χ2n) is 7.66. The topological polar surface area (TPSA) is 126 Å². The van der Waals surface area contributed by atoms with Crippen LogP contribution in [0.4, 0.5) is 19.0 Å². The van der Waals surface area contributed by atoms with Gasteiger partial charge >= 0.3 is 6.18 Å². The molecule has 0 bridgehead atoms. The number of hydrogen-bond acceptors (Lipinski definition) is 8. The zero-order valence-electron chi connectivity index (χ0n) is 20.6. The molecule has 1 amide bonds. The zero-order chi connectivity index (χ0) is 28.4. The summed E-state index contributed by atoms with van der Waals surface area (Å²) in [6.45, 7) is 1.69. The number of aromatic nitrogens is 4. The summed E-state index contributed by atoms with van der Waals surface area (Å²) in [7, 11) is 1.62. The Morgan fingerprint density at radius 2 is 1.64 bits per heavy atom. The lowest BCUT2D eigenvalue weighted by atomic mass is 9.96. The van der Waals surface area contributed by atoms with Crippen molar-refractivity contribution in [3.63, 3.8) is 0 Å². The number of alkyl halides is 3. The van der Waals surface area contributed by atoms with Gasteiger partial charge in [0, 0.05) is 41.8 Å². The van der Waals surface area contributed by atoms with Gasteiger partial charge in [0.15, 0.2) is 11.3 Å². The van der Waals surface area contributed by atoms with Crippen LogP contribution in [0.2, 0.25) is 5.02 Å². The molecule has 0 saturated carbocycles. The molecule has 0 aliphatic rings. The largest absolute Gasteiger partial charge is 0.433 e. The van der Waals surface area contributed by atoms with E-state index in [1.165, 1.54) is 12.3 Å². The van der Waals surface area contributed by atoms with Crippen molar-refractivity contribution in [1.29, 1.82) is 0 Å². The highest BCUT2D eigenvalue weighted by Crippen LogP contribution is 2.34. The molecule has 3 heterocycles. The maximum Gasteiger partial charge on any atom is 0.433 e.